The normalized spacial score (nSPS) is 14.5. The maximum atomic E-state index is 12.3. The smallest absolute Gasteiger partial charge is 0.291 e. The number of carbonyl (C=O) groups is 2. The molecule has 23 heavy (non-hydrogen) atoms. The number of nitrogens with one attached hydrogen (secondary N) is 1. The summed E-state index contributed by atoms with van der Waals surface area (Å²) in [4.78, 5) is 25.6. The first-order chi connectivity index (χ1) is 11.1. The second-order valence-electron chi connectivity index (χ2n) is 5.55. The van der Waals surface area contributed by atoms with Crippen LogP contribution in [-0.4, -0.2) is 24.9 Å². The zero-order valence-electron chi connectivity index (χ0n) is 12.7. The van der Waals surface area contributed by atoms with E-state index in [0.717, 1.165) is 37.3 Å². The summed E-state index contributed by atoms with van der Waals surface area (Å²) in [5.74, 6) is -1.06. The average molecular weight is 313 g/mol. The van der Waals surface area contributed by atoms with E-state index in [0.29, 0.717) is 0 Å². The van der Waals surface area contributed by atoms with Crippen molar-refractivity contribution in [3.63, 3.8) is 0 Å². The lowest BCUT2D eigenvalue weighted by molar-refractivity contribution is 0.0960. The Morgan fingerprint density at radius 2 is 1.70 bits per heavy atom. The van der Waals surface area contributed by atoms with E-state index in [2.05, 4.69) is 10.2 Å². The van der Waals surface area contributed by atoms with Crippen LogP contribution in [0.5, 0.6) is 0 Å². The Morgan fingerprint density at radius 3 is 2.39 bits per heavy atom. The molecule has 2 aromatic rings. The lowest BCUT2D eigenvalue weighted by Crippen LogP contribution is -2.30. The molecule has 6 heteroatoms. The zero-order chi connectivity index (χ0) is 16.2. The molecule has 0 bridgehead atoms. The maximum absolute atomic E-state index is 12.3. The van der Waals surface area contributed by atoms with Crippen LogP contribution in [0.15, 0.2) is 40.8 Å². The molecule has 0 atom stereocenters. The summed E-state index contributed by atoms with van der Waals surface area (Å²) in [6.45, 7) is 1.97. The molecule has 1 fully saturated rings. The van der Waals surface area contributed by atoms with Crippen molar-refractivity contribution in [2.45, 2.75) is 19.3 Å². The van der Waals surface area contributed by atoms with Crippen molar-refractivity contribution in [2.24, 2.45) is 5.73 Å². The molecule has 2 amide bonds. The number of nitrogens with two attached hydrogens (primary N) is 1. The third-order valence-corrected chi connectivity index (χ3v) is 3.92. The predicted octanol–water partition coefficient (Wildman–Crippen LogP) is 2.62. The van der Waals surface area contributed by atoms with E-state index in [-0.39, 0.29) is 11.5 Å². The van der Waals surface area contributed by atoms with Gasteiger partial charge in [-0.05, 0) is 43.5 Å². The SMILES string of the molecule is NC(=O)c1ccc(C(=O)Nc2ccccc2N2CCCCC2)o1. The summed E-state index contributed by atoms with van der Waals surface area (Å²) in [7, 11) is 0. The van der Waals surface area contributed by atoms with Gasteiger partial charge in [0.25, 0.3) is 11.8 Å². The Balaban J connectivity index is 1.79. The molecule has 1 aliphatic heterocycles. The Hall–Kier alpha value is -2.76. The van der Waals surface area contributed by atoms with Crippen LogP contribution in [0.3, 0.4) is 0 Å². The molecule has 1 saturated heterocycles. The van der Waals surface area contributed by atoms with Crippen LogP contribution in [-0.2, 0) is 0 Å². The molecule has 120 valence electrons. The molecule has 1 aliphatic rings. The lowest BCUT2D eigenvalue weighted by Gasteiger charge is -2.30. The minimum atomic E-state index is -0.697. The van der Waals surface area contributed by atoms with Crippen molar-refractivity contribution in [3.8, 4) is 0 Å². The fourth-order valence-electron chi connectivity index (χ4n) is 2.77. The van der Waals surface area contributed by atoms with Crippen LogP contribution in [0, 0.1) is 0 Å². The van der Waals surface area contributed by atoms with Crippen LogP contribution in [0.4, 0.5) is 11.4 Å². The molecule has 0 spiro atoms. The average Bonchev–Trinajstić information content (AvgIpc) is 3.07. The largest absolute Gasteiger partial charge is 0.446 e. The number of benzene rings is 1. The number of carbonyl (C=O) groups excluding carboxylic acids is 2. The quantitative estimate of drug-likeness (QED) is 0.908. The van der Waals surface area contributed by atoms with Crippen molar-refractivity contribution in [1.29, 1.82) is 0 Å². The Labute approximate surface area is 134 Å². The molecule has 0 radical (unpaired) electrons. The van der Waals surface area contributed by atoms with E-state index >= 15 is 0 Å². The second-order valence-corrected chi connectivity index (χ2v) is 5.55. The van der Waals surface area contributed by atoms with E-state index in [1.54, 1.807) is 0 Å². The molecule has 0 unspecified atom stereocenters. The van der Waals surface area contributed by atoms with E-state index in [1.165, 1.54) is 18.6 Å². The monoisotopic (exact) mass is 313 g/mol. The van der Waals surface area contributed by atoms with Crippen molar-refractivity contribution in [1.82, 2.24) is 0 Å². The van der Waals surface area contributed by atoms with Gasteiger partial charge in [0.1, 0.15) is 0 Å². The van der Waals surface area contributed by atoms with Gasteiger partial charge in [-0.25, -0.2) is 0 Å². The number of primary amides is 1. The summed E-state index contributed by atoms with van der Waals surface area (Å²) in [5, 5.41) is 2.85. The maximum Gasteiger partial charge on any atom is 0.291 e. The zero-order valence-corrected chi connectivity index (χ0v) is 12.7. The number of piperidine rings is 1. The van der Waals surface area contributed by atoms with E-state index in [9.17, 15) is 9.59 Å². The van der Waals surface area contributed by atoms with E-state index in [4.69, 9.17) is 10.2 Å². The van der Waals surface area contributed by atoms with Crippen LogP contribution >= 0.6 is 0 Å². The predicted molar refractivity (Wildman–Crippen MR) is 87.7 cm³/mol. The minimum Gasteiger partial charge on any atom is -0.446 e. The molecule has 6 nitrogen and oxygen atoms in total. The highest BCUT2D eigenvalue weighted by Crippen LogP contribution is 2.28. The van der Waals surface area contributed by atoms with Gasteiger partial charge < -0.3 is 20.4 Å². The standard InChI is InChI=1S/C17H19N3O3/c18-16(21)14-8-9-15(23-14)17(22)19-12-6-2-3-7-13(12)20-10-4-1-5-11-20/h2-3,6-9H,1,4-5,10-11H2,(H2,18,21)(H,19,22). The summed E-state index contributed by atoms with van der Waals surface area (Å²) in [6, 6.07) is 10.5. The first kappa shape index (κ1) is 15.1. The number of amides is 2. The first-order valence-electron chi connectivity index (χ1n) is 7.70. The fraction of sp³-hybridized carbons (Fsp3) is 0.294. The van der Waals surface area contributed by atoms with Gasteiger partial charge in [0, 0.05) is 13.1 Å². The van der Waals surface area contributed by atoms with Gasteiger partial charge in [0.15, 0.2) is 11.5 Å². The highest BCUT2D eigenvalue weighted by Gasteiger charge is 2.18. The highest BCUT2D eigenvalue weighted by molar-refractivity contribution is 6.04. The van der Waals surface area contributed by atoms with Crippen LogP contribution in [0.1, 0.15) is 40.4 Å². The minimum absolute atomic E-state index is 0.0283. The molecular weight excluding hydrogens is 294 g/mol. The van der Waals surface area contributed by atoms with Gasteiger partial charge in [-0.3, -0.25) is 9.59 Å². The molecule has 0 saturated carbocycles. The number of rotatable bonds is 4. The number of hydrogen-bond donors (Lipinski definition) is 2. The Kier molecular flexibility index (Phi) is 4.32. The summed E-state index contributed by atoms with van der Waals surface area (Å²) < 4.78 is 5.16. The summed E-state index contributed by atoms with van der Waals surface area (Å²) >= 11 is 0. The van der Waals surface area contributed by atoms with Gasteiger partial charge in [0.2, 0.25) is 0 Å². The fourth-order valence-corrected chi connectivity index (χ4v) is 2.77. The molecule has 2 heterocycles. The van der Waals surface area contributed by atoms with Gasteiger partial charge >= 0.3 is 0 Å². The highest BCUT2D eigenvalue weighted by atomic mass is 16.4. The van der Waals surface area contributed by atoms with Gasteiger partial charge in [0.05, 0.1) is 11.4 Å². The Morgan fingerprint density at radius 1 is 1.00 bits per heavy atom. The number of para-hydroxylation sites is 2. The first-order valence-corrected chi connectivity index (χ1v) is 7.70. The molecule has 1 aromatic carbocycles. The van der Waals surface area contributed by atoms with Crippen LogP contribution in [0.2, 0.25) is 0 Å². The number of anilines is 2. The molecule has 1 aromatic heterocycles. The van der Waals surface area contributed by atoms with Gasteiger partial charge in [-0.1, -0.05) is 12.1 Å². The summed E-state index contributed by atoms with van der Waals surface area (Å²) in [6.07, 6.45) is 3.55. The second kappa shape index (κ2) is 6.56. The van der Waals surface area contributed by atoms with Gasteiger partial charge in [-0.2, -0.15) is 0 Å². The number of hydrogen-bond acceptors (Lipinski definition) is 4. The number of furan rings is 1. The van der Waals surface area contributed by atoms with E-state index in [1.807, 2.05) is 24.3 Å². The molecular formula is C17H19N3O3. The Bertz CT molecular complexity index is 717. The van der Waals surface area contributed by atoms with Crippen LogP contribution < -0.4 is 16.0 Å². The number of nitrogens with zero attached hydrogens (tertiary/aromatic N) is 1. The van der Waals surface area contributed by atoms with Crippen LogP contribution in [0.25, 0.3) is 0 Å². The third kappa shape index (κ3) is 3.36. The molecule has 3 rings (SSSR count). The molecule has 3 N–H and O–H groups in total. The van der Waals surface area contributed by atoms with Crippen molar-refractivity contribution >= 4 is 23.2 Å². The van der Waals surface area contributed by atoms with Gasteiger partial charge in [-0.15, -0.1) is 0 Å². The summed E-state index contributed by atoms with van der Waals surface area (Å²) in [5.41, 5.74) is 6.87. The van der Waals surface area contributed by atoms with Crippen molar-refractivity contribution in [2.75, 3.05) is 23.3 Å². The topological polar surface area (TPSA) is 88.6 Å². The van der Waals surface area contributed by atoms with Crippen molar-refractivity contribution in [3.05, 3.63) is 47.9 Å². The molecule has 0 aliphatic carbocycles. The lowest BCUT2D eigenvalue weighted by atomic mass is 10.1. The van der Waals surface area contributed by atoms with E-state index < -0.39 is 11.8 Å². The third-order valence-electron chi connectivity index (χ3n) is 3.92. The van der Waals surface area contributed by atoms with Crippen molar-refractivity contribution < 1.29 is 14.0 Å².